The Hall–Kier alpha value is -2.47. The number of hydrogen-bond acceptors (Lipinski definition) is 5. The van der Waals surface area contributed by atoms with Crippen LogP contribution in [0.25, 0.3) is 11.1 Å². The van der Waals surface area contributed by atoms with Gasteiger partial charge in [-0.25, -0.2) is 0 Å². The fourth-order valence-corrected chi connectivity index (χ4v) is 5.90. The lowest BCUT2D eigenvalue weighted by Crippen LogP contribution is -2.47. The summed E-state index contributed by atoms with van der Waals surface area (Å²) in [5, 5.41) is 0. The third kappa shape index (κ3) is 9.87. The van der Waals surface area contributed by atoms with E-state index in [1.54, 1.807) is 0 Å². The summed E-state index contributed by atoms with van der Waals surface area (Å²) in [5.74, 6) is -0.153. The highest BCUT2D eigenvalue weighted by Gasteiger charge is 2.41. The van der Waals surface area contributed by atoms with Crippen LogP contribution in [0.15, 0.2) is 66.7 Å². The van der Waals surface area contributed by atoms with Crippen LogP contribution in [0.1, 0.15) is 77.7 Å². The Morgan fingerprint density at radius 3 is 2.35 bits per heavy atom. The third-order valence-corrected chi connectivity index (χ3v) is 7.84. The van der Waals surface area contributed by atoms with Crippen molar-refractivity contribution in [1.29, 1.82) is 0 Å². The monoisotopic (exact) mass is 547 g/mol. The number of rotatable bonds is 13. The molecule has 1 aliphatic carbocycles. The zero-order chi connectivity index (χ0) is 28.2. The van der Waals surface area contributed by atoms with Gasteiger partial charge in [0.2, 0.25) is 0 Å². The Morgan fingerprint density at radius 1 is 0.900 bits per heavy atom. The molecule has 3 atom stereocenters. The van der Waals surface area contributed by atoms with Crippen molar-refractivity contribution in [2.45, 2.75) is 102 Å². The average molecular weight is 548 g/mol. The molecule has 5 heteroatoms. The maximum atomic E-state index is 11.9. The first-order valence-electron chi connectivity index (χ1n) is 15.4. The molecule has 2 fully saturated rings. The van der Waals surface area contributed by atoms with E-state index in [9.17, 15) is 4.79 Å². The molecule has 4 rings (SSSR count). The van der Waals surface area contributed by atoms with Crippen LogP contribution >= 0.6 is 0 Å². The molecule has 0 spiro atoms. The Kier molecular flexibility index (Phi) is 11.8. The summed E-state index contributed by atoms with van der Waals surface area (Å²) in [6, 6.07) is 19.9. The number of carbonyl (C=O) groups is 1. The van der Waals surface area contributed by atoms with Gasteiger partial charge in [-0.3, -0.25) is 9.69 Å². The van der Waals surface area contributed by atoms with E-state index in [0.29, 0.717) is 25.5 Å². The molecule has 0 aromatic heterocycles. The van der Waals surface area contributed by atoms with Gasteiger partial charge in [0.05, 0.1) is 18.8 Å². The average Bonchev–Trinajstić information content (AvgIpc) is 3.36. The van der Waals surface area contributed by atoms with Gasteiger partial charge in [-0.2, -0.15) is 0 Å². The molecule has 40 heavy (non-hydrogen) atoms. The van der Waals surface area contributed by atoms with Crippen molar-refractivity contribution in [2.24, 2.45) is 0 Å². The molecule has 5 nitrogen and oxygen atoms in total. The van der Waals surface area contributed by atoms with Crippen molar-refractivity contribution in [3.63, 3.8) is 0 Å². The van der Waals surface area contributed by atoms with Gasteiger partial charge in [-0.05, 0) is 95.5 Å². The molecule has 0 radical (unpaired) electrons. The number of piperidine rings is 1. The van der Waals surface area contributed by atoms with E-state index >= 15 is 0 Å². The molecule has 2 aromatic rings. The molecule has 2 aromatic carbocycles. The highest BCUT2D eigenvalue weighted by atomic mass is 16.6. The molecule has 1 saturated heterocycles. The molecule has 0 amide bonds. The maximum absolute atomic E-state index is 11.9. The number of ether oxygens (including phenoxy) is 3. The first kappa shape index (κ1) is 30.5. The normalized spacial score (nSPS) is 22.1. The molecule has 0 unspecified atom stereocenters. The molecule has 1 heterocycles. The number of carbonyl (C=O) groups excluding carboxylic acids is 1. The molecule has 2 aliphatic rings. The lowest BCUT2D eigenvalue weighted by Gasteiger charge is -2.36. The Morgan fingerprint density at radius 2 is 1.62 bits per heavy atom. The predicted molar refractivity (Wildman–Crippen MR) is 162 cm³/mol. The zero-order valence-electron chi connectivity index (χ0n) is 24.9. The van der Waals surface area contributed by atoms with Crippen LogP contribution < -0.4 is 0 Å². The second-order valence-electron chi connectivity index (χ2n) is 12.2. The minimum atomic E-state index is -0.433. The Balaban J connectivity index is 1.22. The molecule has 0 bridgehead atoms. The molecular weight excluding hydrogens is 498 g/mol. The van der Waals surface area contributed by atoms with Gasteiger partial charge >= 0.3 is 5.97 Å². The highest BCUT2D eigenvalue weighted by Crippen LogP contribution is 2.31. The van der Waals surface area contributed by atoms with Crippen molar-refractivity contribution in [1.82, 2.24) is 4.90 Å². The third-order valence-electron chi connectivity index (χ3n) is 7.84. The number of aryl methyl sites for hydroxylation is 1. The van der Waals surface area contributed by atoms with Gasteiger partial charge in [-0.1, -0.05) is 73.2 Å². The van der Waals surface area contributed by atoms with Gasteiger partial charge in [0, 0.05) is 19.1 Å². The number of benzene rings is 2. The van der Waals surface area contributed by atoms with Crippen LogP contribution in [-0.4, -0.2) is 61.0 Å². The van der Waals surface area contributed by atoms with Crippen LogP contribution in [0.5, 0.6) is 0 Å². The SMILES string of the molecule is CC(C)(C)OC(=O)CCC=CCO[C@H]1[C@H](N2CCCCC2)CC[C@H]1OCCCc1ccc(-c2ccccc2)cc1. The van der Waals surface area contributed by atoms with Crippen molar-refractivity contribution >= 4 is 5.97 Å². The maximum Gasteiger partial charge on any atom is 0.306 e. The van der Waals surface area contributed by atoms with E-state index in [0.717, 1.165) is 32.3 Å². The van der Waals surface area contributed by atoms with Crippen LogP contribution in [0.4, 0.5) is 0 Å². The molecule has 0 N–H and O–H groups in total. The number of hydrogen-bond donors (Lipinski definition) is 0. The van der Waals surface area contributed by atoms with Crippen LogP contribution in [0.3, 0.4) is 0 Å². The van der Waals surface area contributed by atoms with Crippen LogP contribution in [-0.2, 0) is 25.4 Å². The summed E-state index contributed by atoms with van der Waals surface area (Å²) in [6.45, 7) is 9.34. The van der Waals surface area contributed by atoms with Crippen molar-refractivity contribution < 1.29 is 19.0 Å². The summed E-state index contributed by atoms with van der Waals surface area (Å²) in [4.78, 5) is 14.6. The van der Waals surface area contributed by atoms with E-state index in [1.165, 1.54) is 49.0 Å². The van der Waals surface area contributed by atoms with E-state index in [-0.39, 0.29) is 18.2 Å². The lowest BCUT2D eigenvalue weighted by atomic mass is 10.0. The first-order valence-corrected chi connectivity index (χ1v) is 15.4. The smallest absolute Gasteiger partial charge is 0.306 e. The van der Waals surface area contributed by atoms with Gasteiger partial charge in [0.1, 0.15) is 5.60 Å². The summed E-state index contributed by atoms with van der Waals surface area (Å²) in [6.07, 6.45) is 13.5. The largest absolute Gasteiger partial charge is 0.460 e. The molecule has 1 saturated carbocycles. The summed E-state index contributed by atoms with van der Waals surface area (Å²) >= 11 is 0. The van der Waals surface area contributed by atoms with Crippen molar-refractivity contribution in [3.8, 4) is 11.1 Å². The van der Waals surface area contributed by atoms with E-state index in [1.807, 2.05) is 32.9 Å². The standard InChI is InChI=1S/C35H49NO4/c1-35(2,3)40-33(37)17-9-5-12-26-39-34-31(36-24-10-6-11-25-36)22-23-32(34)38-27-13-14-28-18-20-30(21-19-28)29-15-7-4-8-16-29/h4-5,7-8,12,15-16,18-21,31-32,34H,6,9-11,13-14,17,22-27H2,1-3H3/t31-,32-,34+/m1/s1. The Bertz CT molecular complexity index is 1040. The number of nitrogens with zero attached hydrogens (tertiary/aromatic N) is 1. The number of allylic oxidation sites excluding steroid dienone is 1. The fourth-order valence-electron chi connectivity index (χ4n) is 5.90. The molecular formula is C35H49NO4. The predicted octanol–water partition coefficient (Wildman–Crippen LogP) is 7.38. The zero-order valence-corrected chi connectivity index (χ0v) is 24.9. The van der Waals surface area contributed by atoms with Crippen molar-refractivity contribution in [2.75, 3.05) is 26.3 Å². The molecule has 218 valence electrons. The van der Waals surface area contributed by atoms with Gasteiger partial charge < -0.3 is 14.2 Å². The Labute approximate surface area is 241 Å². The molecule has 1 aliphatic heterocycles. The quantitative estimate of drug-likeness (QED) is 0.149. The topological polar surface area (TPSA) is 48.0 Å². The van der Waals surface area contributed by atoms with Gasteiger partial charge in [-0.15, -0.1) is 0 Å². The van der Waals surface area contributed by atoms with Gasteiger partial charge in [0.25, 0.3) is 0 Å². The van der Waals surface area contributed by atoms with Crippen LogP contribution in [0.2, 0.25) is 0 Å². The second kappa shape index (κ2) is 15.5. The summed E-state index contributed by atoms with van der Waals surface area (Å²) in [7, 11) is 0. The van der Waals surface area contributed by atoms with E-state index < -0.39 is 5.60 Å². The van der Waals surface area contributed by atoms with E-state index in [4.69, 9.17) is 14.2 Å². The fraction of sp³-hybridized carbons (Fsp3) is 0.571. The first-order chi connectivity index (χ1) is 19.4. The van der Waals surface area contributed by atoms with E-state index in [2.05, 4.69) is 59.5 Å². The van der Waals surface area contributed by atoms with Crippen LogP contribution in [0, 0.1) is 0 Å². The lowest BCUT2D eigenvalue weighted by molar-refractivity contribution is -0.154. The summed E-state index contributed by atoms with van der Waals surface area (Å²) in [5.41, 5.74) is 3.43. The van der Waals surface area contributed by atoms with Gasteiger partial charge in [0.15, 0.2) is 0 Å². The second-order valence-corrected chi connectivity index (χ2v) is 12.2. The summed E-state index contributed by atoms with van der Waals surface area (Å²) < 4.78 is 18.3. The number of likely N-dealkylation sites (tertiary alicyclic amines) is 1. The minimum absolute atomic E-state index is 0.0961. The minimum Gasteiger partial charge on any atom is -0.460 e. The number of esters is 1. The highest BCUT2D eigenvalue weighted by molar-refractivity contribution is 5.70. The van der Waals surface area contributed by atoms with Crippen molar-refractivity contribution in [3.05, 3.63) is 72.3 Å².